The number of hydrogen-bond donors (Lipinski definition) is 2. The summed E-state index contributed by atoms with van der Waals surface area (Å²) in [7, 11) is 0. The third-order valence-electron chi connectivity index (χ3n) is 2.66. The normalized spacial score (nSPS) is 11.3. The number of aliphatic imine (C=N–C) groups is 1. The Labute approximate surface area is 118 Å². The number of nitrogens with one attached hydrogen (secondary N) is 1. The molecule has 0 aliphatic rings. The van der Waals surface area contributed by atoms with E-state index in [-0.39, 0.29) is 0 Å². The molecule has 0 aliphatic carbocycles. The van der Waals surface area contributed by atoms with Crippen molar-refractivity contribution in [3.05, 3.63) is 60.4 Å². The van der Waals surface area contributed by atoms with Crippen LogP contribution in [-0.4, -0.2) is 22.3 Å². The molecule has 0 amide bonds. The van der Waals surface area contributed by atoms with E-state index >= 15 is 0 Å². The van der Waals surface area contributed by atoms with Crippen LogP contribution in [0.25, 0.3) is 5.69 Å². The minimum absolute atomic E-state index is 0.417. The van der Waals surface area contributed by atoms with Crippen LogP contribution in [0.2, 0.25) is 0 Å². The molecule has 1 aromatic carbocycles. The number of rotatable bonds is 5. The molecule has 1 heterocycles. The van der Waals surface area contributed by atoms with E-state index in [4.69, 9.17) is 5.73 Å². The minimum Gasteiger partial charge on any atom is -0.370 e. The van der Waals surface area contributed by atoms with E-state index in [0.29, 0.717) is 19.0 Å². The quantitative estimate of drug-likeness (QED) is 0.494. The molecule has 0 spiro atoms. The van der Waals surface area contributed by atoms with Crippen molar-refractivity contribution in [3.63, 3.8) is 0 Å². The Bertz CT molecular complexity index is 598. The smallest absolute Gasteiger partial charge is 0.189 e. The van der Waals surface area contributed by atoms with Crippen molar-refractivity contribution in [1.82, 2.24) is 15.1 Å². The molecule has 0 saturated heterocycles. The Balaban J connectivity index is 1.96. The zero-order chi connectivity index (χ0) is 14.4. The molecule has 0 bridgehead atoms. The van der Waals surface area contributed by atoms with Crippen LogP contribution >= 0.6 is 0 Å². The zero-order valence-electron chi connectivity index (χ0n) is 11.6. The lowest BCUT2D eigenvalue weighted by Gasteiger charge is -2.03. The van der Waals surface area contributed by atoms with Crippen molar-refractivity contribution in [2.45, 2.75) is 13.5 Å². The molecule has 0 fully saturated rings. The number of para-hydroxylation sites is 1. The summed E-state index contributed by atoms with van der Waals surface area (Å²) in [5, 5.41) is 7.30. The fourth-order valence-electron chi connectivity index (χ4n) is 1.64. The van der Waals surface area contributed by atoms with Crippen LogP contribution in [0.5, 0.6) is 0 Å². The summed E-state index contributed by atoms with van der Waals surface area (Å²) in [4.78, 5) is 4.26. The van der Waals surface area contributed by atoms with Crippen LogP contribution in [0.3, 0.4) is 0 Å². The van der Waals surface area contributed by atoms with Gasteiger partial charge in [0.1, 0.15) is 0 Å². The van der Waals surface area contributed by atoms with Crippen molar-refractivity contribution in [2.24, 2.45) is 10.7 Å². The Morgan fingerprint density at radius 2 is 2.15 bits per heavy atom. The highest BCUT2D eigenvalue weighted by Crippen LogP contribution is 2.08. The molecule has 0 radical (unpaired) electrons. The van der Waals surface area contributed by atoms with Gasteiger partial charge in [0, 0.05) is 18.3 Å². The fraction of sp³-hybridized carbons (Fsp3) is 0.200. The molecule has 2 aromatic rings. The fourth-order valence-corrected chi connectivity index (χ4v) is 1.64. The topological polar surface area (TPSA) is 68.2 Å². The van der Waals surface area contributed by atoms with Crippen molar-refractivity contribution in [2.75, 3.05) is 6.54 Å². The lowest BCUT2D eigenvalue weighted by molar-refractivity contribution is 0.879. The van der Waals surface area contributed by atoms with Gasteiger partial charge in [0.05, 0.1) is 18.4 Å². The van der Waals surface area contributed by atoms with Crippen LogP contribution in [0.1, 0.15) is 12.5 Å². The second-order valence-electron chi connectivity index (χ2n) is 4.64. The lowest BCUT2D eigenvalue weighted by atomic mass is 10.3. The summed E-state index contributed by atoms with van der Waals surface area (Å²) in [6, 6.07) is 9.94. The van der Waals surface area contributed by atoms with Gasteiger partial charge in [-0.1, -0.05) is 30.4 Å². The SMILES string of the molecule is C=C(C)CNC(N)=NCc1cnn(-c2ccccc2)c1. The zero-order valence-corrected chi connectivity index (χ0v) is 11.6. The average molecular weight is 269 g/mol. The number of nitrogens with zero attached hydrogens (tertiary/aromatic N) is 3. The third-order valence-corrected chi connectivity index (χ3v) is 2.66. The van der Waals surface area contributed by atoms with Gasteiger partial charge in [0.2, 0.25) is 0 Å². The number of benzene rings is 1. The molecule has 104 valence electrons. The van der Waals surface area contributed by atoms with Crippen molar-refractivity contribution < 1.29 is 0 Å². The summed E-state index contributed by atoms with van der Waals surface area (Å²) in [5.74, 6) is 0.417. The molecule has 5 heteroatoms. The maximum atomic E-state index is 5.76. The van der Waals surface area contributed by atoms with Gasteiger partial charge in [-0.25, -0.2) is 9.67 Å². The maximum Gasteiger partial charge on any atom is 0.189 e. The molecular weight excluding hydrogens is 250 g/mol. The Kier molecular flexibility index (Phi) is 4.55. The van der Waals surface area contributed by atoms with Crippen molar-refractivity contribution in [1.29, 1.82) is 0 Å². The summed E-state index contributed by atoms with van der Waals surface area (Å²) in [6.07, 6.45) is 3.74. The van der Waals surface area contributed by atoms with Gasteiger partial charge in [0.25, 0.3) is 0 Å². The van der Waals surface area contributed by atoms with Crippen LogP contribution in [0.4, 0.5) is 0 Å². The van der Waals surface area contributed by atoms with Gasteiger partial charge in [0.15, 0.2) is 5.96 Å². The highest BCUT2D eigenvalue weighted by atomic mass is 15.3. The number of hydrogen-bond acceptors (Lipinski definition) is 2. The van der Waals surface area contributed by atoms with Crippen LogP contribution in [0, 0.1) is 0 Å². The number of guanidine groups is 1. The van der Waals surface area contributed by atoms with E-state index in [9.17, 15) is 0 Å². The van der Waals surface area contributed by atoms with Crippen molar-refractivity contribution in [3.8, 4) is 5.69 Å². The first-order chi connectivity index (χ1) is 9.65. The first-order valence-corrected chi connectivity index (χ1v) is 6.42. The highest BCUT2D eigenvalue weighted by Gasteiger charge is 2.00. The summed E-state index contributed by atoms with van der Waals surface area (Å²) < 4.78 is 1.82. The molecule has 3 N–H and O–H groups in total. The van der Waals surface area contributed by atoms with E-state index in [1.54, 1.807) is 6.20 Å². The van der Waals surface area contributed by atoms with E-state index in [1.807, 2.05) is 48.1 Å². The first kappa shape index (κ1) is 13.9. The van der Waals surface area contributed by atoms with Crippen molar-refractivity contribution >= 4 is 5.96 Å². The monoisotopic (exact) mass is 269 g/mol. The molecule has 0 saturated carbocycles. The molecule has 2 rings (SSSR count). The number of aromatic nitrogens is 2. The van der Waals surface area contributed by atoms with Gasteiger partial charge in [-0.2, -0.15) is 5.10 Å². The summed E-state index contributed by atoms with van der Waals surface area (Å²) >= 11 is 0. The predicted molar refractivity (Wildman–Crippen MR) is 81.7 cm³/mol. The molecule has 0 unspecified atom stereocenters. The highest BCUT2D eigenvalue weighted by molar-refractivity contribution is 5.78. The molecule has 5 nitrogen and oxygen atoms in total. The summed E-state index contributed by atoms with van der Waals surface area (Å²) in [6.45, 7) is 6.87. The predicted octanol–water partition coefficient (Wildman–Crippen LogP) is 1.85. The van der Waals surface area contributed by atoms with Gasteiger partial charge in [-0.15, -0.1) is 0 Å². The largest absolute Gasteiger partial charge is 0.370 e. The Morgan fingerprint density at radius 1 is 1.40 bits per heavy atom. The van der Waals surface area contributed by atoms with E-state index in [1.165, 1.54) is 0 Å². The minimum atomic E-state index is 0.417. The standard InChI is InChI=1S/C15H19N5/c1-12(2)8-17-15(16)18-9-13-10-19-20(11-13)14-6-4-3-5-7-14/h3-7,10-11H,1,8-9H2,2H3,(H3,16,17,18). The van der Waals surface area contributed by atoms with Crippen LogP contribution in [-0.2, 0) is 6.54 Å². The van der Waals surface area contributed by atoms with E-state index in [0.717, 1.165) is 16.8 Å². The molecule has 0 aliphatic heterocycles. The molecule has 20 heavy (non-hydrogen) atoms. The average Bonchev–Trinajstić information content (AvgIpc) is 2.93. The maximum absolute atomic E-state index is 5.76. The van der Waals surface area contributed by atoms with E-state index < -0.39 is 0 Å². The Morgan fingerprint density at radius 3 is 2.85 bits per heavy atom. The first-order valence-electron chi connectivity index (χ1n) is 6.42. The van der Waals surface area contributed by atoms with E-state index in [2.05, 4.69) is 22.0 Å². The van der Waals surface area contributed by atoms with Gasteiger partial charge in [-0.05, 0) is 19.1 Å². The molecule has 0 atom stereocenters. The van der Waals surface area contributed by atoms with Crippen LogP contribution in [0.15, 0.2) is 59.9 Å². The number of nitrogens with two attached hydrogens (primary N) is 1. The van der Waals surface area contributed by atoms with Gasteiger partial charge in [-0.3, -0.25) is 0 Å². The second kappa shape index (κ2) is 6.56. The van der Waals surface area contributed by atoms with Crippen LogP contribution < -0.4 is 11.1 Å². The Hall–Kier alpha value is -2.56. The molecule has 1 aromatic heterocycles. The van der Waals surface area contributed by atoms with Gasteiger partial charge < -0.3 is 11.1 Å². The lowest BCUT2D eigenvalue weighted by Crippen LogP contribution is -2.32. The third kappa shape index (κ3) is 3.98. The van der Waals surface area contributed by atoms with Gasteiger partial charge >= 0.3 is 0 Å². The second-order valence-corrected chi connectivity index (χ2v) is 4.64. The summed E-state index contributed by atoms with van der Waals surface area (Å²) in [5.41, 5.74) is 8.80. The molecular formula is C15H19N5.